The minimum atomic E-state index is -0.0452. The lowest BCUT2D eigenvalue weighted by molar-refractivity contribution is -0.143. The highest BCUT2D eigenvalue weighted by molar-refractivity contribution is 5.69. The van der Waals surface area contributed by atoms with Crippen molar-refractivity contribution in [3.8, 4) is 0 Å². The van der Waals surface area contributed by atoms with E-state index in [0.29, 0.717) is 19.6 Å². The molecule has 0 saturated heterocycles. The van der Waals surface area contributed by atoms with Crippen LogP contribution in [-0.2, 0) is 20.9 Å². The van der Waals surface area contributed by atoms with Crippen molar-refractivity contribution in [3.63, 3.8) is 0 Å². The first-order valence-corrected chi connectivity index (χ1v) is 10.1. The number of rotatable bonds is 16. The minimum absolute atomic E-state index is 0.0452. The number of hydrogen-bond acceptors (Lipinski definition) is 3. The molecule has 3 nitrogen and oxygen atoms in total. The van der Waals surface area contributed by atoms with Crippen molar-refractivity contribution in [2.45, 2.75) is 84.2 Å². The van der Waals surface area contributed by atoms with E-state index in [4.69, 9.17) is 9.47 Å². The van der Waals surface area contributed by atoms with Crippen LogP contribution in [0.5, 0.6) is 0 Å². The summed E-state index contributed by atoms with van der Waals surface area (Å²) in [4.78, 5) is 11.6. The summed E-state index contributed by atoms with van der Waals surface area (Å²) in [6.45, 7) is 4.24. The Balaban J connectivity index is 1.81. The number of carbonyl (C=O) groups excluding carboxylic acids is 1. The predicted octanol–water partition coefficient (Wildman–Crippen LogP) is 6.06. The van der Waals surface area contributed by atoms with Crippen LogP contribution in [0.15, 0.2) is 30.3 Å². The molecule has 0 N–H and O–H groups in total. The quantitative estimate of drug-likeness (QED) is 0.269. The van der Waals surface area contributed by atoms with Crippen LogP contribution < -0.4 is 0 Å². The highest BCUT2D eigenvalue weighted by Gasteiger charge is 2.02. The molecule has 0 aliphatic carbocycles. The molecule has 142 valence electrons. The molecule has 1 rings (SSSR count). The zero-order valence-corrected chi connectivity index (χ0v) is 16.0. The van der Waals surface area contributed by atoms with Gasteiger partial charge in [0.15, 0.2) is 0 Å². The molecule has 1 aromatic carbocycles. The van der Waals surface area contributed by atoms with Gasteiger partial charge in [-0.15, -0.1) is 0 Å². The van der Waals surface area contributed by atoms with Gasteiger partial charge in [0.2, 0.25) is 0 Å². The molecule has 25 heavy (non-hydrogen) atoms. The van der Waals surface area contributed by atoms with Gasteiger partial charge in [-0.2, -0.15) is 0 Å². The molecule has 0 fully saturated rings. The van der Waals surface area contributed by atoms with Crippen LogP contribution in [0, 0.1) is 0 Å². The molecule has 0 spiro atoms. The third kappa shape index (κ3) is 13.6. The second-order valence-electron chi connectivity index (χ2n) is 6.69. The van der Waals surface area contributed by atoms with Crippen LogP contribution in [0.4, 0.5) is 0 Å². The van der Waals surface area contributed by atoms with Crippen LogP contribution in [0.1, 0.15) is 83.1 Å². The van der Waals surface area contributed by atoms with Crippen LogP contribution in [-0.4, -0.2) is 19.2 Å². The molecule has 0 radical (unpaired) electrons. The standard InChI is InChI=1S/C22H36O3/c1-2-3-4-5-6-7-14-19-25-22(23)17-12-9-13-18-24-20-21-15-10-8-11-16-21/h8,10-11,15-16H,2-7,9,12-14,17-20H2,1H3. The van der Waals surface area contributed by atoms with Crippen molar-refractivity contribution in [3.05, 3.63) is 35.9 Å². The lowest BCUT2D eigenvalue weighted by Gasteiger charge is -2.06. The summed E-state index contributed by atoms with van der Waals surface area (Å²) in [5.41, 5.74) is 1.21. The molecule has 0 aromatic heterocycles. The molecule has 0 atom stereocenters. The van der Waals surface area contributed by atoms with Crippen molar-refractivity contribution in [2.24, 2.45) is 0 Å². The van der Waals surface area contributed by atoms with Gasteiger partial charge in [-0.25, -0.2) is 0 Å². The second-order valence-corrected chi connectivity index (χ2v) is 6.69. The number of hydrogen-bond donors (Lipinski definition) is 0. The Labute approximate surface area is 154 Å². The molecular formula is C22H36O3. The Kier molecular flexibility index (Phi) is 14.0. The summed E-state index contributed by atoms with van der Waals surface area (Å²) in [6.07, 6.45) is 12.2. The smallest absolute Gasteiger partial charge is 0.305 e. The van der Waals surface area contributed by atoms with E-state index < -0.39 is 0 Å². The molecule has 0 amide bonds. The normalized spacial score (nSPS) is 10.8. The first-order chi connectivity index (χ1) is 12.3. The van der Waals surface area contributed by atoms with E-state index in [1.54, 1.807) is 0 Å². The van der Waals surface area contributed by atoms with Gasteiger partial charge >= 0.3 is 5.97 Å². The van der Waals surface area contributed by atoms with E-state index >= 15 is 0 Å². The average molecular weight is 349 g/mol. The molecule has 1 aromatic rings. The summed E-state index contributed by atoms with van der Waals surface area (Å²) in [7, 11) is 0. The van der Waals surface area contributed by atoms with E-state index in [1.165, 1.54) is 44.1 Å². The maximum atomic E-state index is 11.6. The number of carbonyl (C=O) groups is 1. The molecule has 0 aliphatic rings. The van der Waals surface area contributed by atoms with Gasteiger partial charge in [0, 0.05) is 13.0 Å². The average Bonchev–Trinajstić information content (AvgIpc) is 2.64. The minimum Gasteiger partial charge on any atom is -0.466 e. The van der Waals surface area contributed by atoms with Gasteiger partial charge in [0.1, 0.15) is 0 Å². The zero-order chi connectivity index (χ0) is 18.0. The lowest BCUT2D eigenvalue weighted by Crippen LogP contribution is -2.06. The van der Waals surface area contributed by atoms with Gasteiger partial charge in [0.05, 0.1) is 13.2 Å². The zero-order valence-electron chi connectivity index (χ0n) is 16.0. The summed E-state index contributed by atoms with van der Waals surface area (Å²) < 4.78 is 10.9. The molecule has 0 aliphatic heterocycles. The van der Waals surface area contributed by atoms with Crippen molar-refractivity contribution in [1.82, 2.24) is 0 Å². The van der Waals surface area contributed by atoms with Gasteiger partial charge in [-0.1, -0.05) is 82.2 Å². The van der Waals surface area contributed by atoms with Crippen molar-refractivity contribution >= 4 is 5.97 Å². The van der Waals surface area contributed by atoms with Crippen LogP contribution in [0.25, 0.3) is 0 Å². The van der Waals surface area contributed by atoms with Crippen LogP contribution >= 0.6 is 0 Å². The van der Waals surface area contributed by atoms with Crippen LogP contribution in [0.3, 0.4) is 0 Å². The van der Waals surface area contributed by atoms with Gasteiger partial charge < -0.3 is 9.47 Å². The highest BCUT2D eigenvalue weighted by atomic mass is 16.5. The highest BCUT2D eigenvalue weighted by Crippen LogP contribution is 2.08. The fourth-order valence-electron chi connectivity index (χ4n) is 2.73. The van der Waals surface area contributed by atoms with Gasteiger partial charge in [0.25, 0.3) is 0 Å². The molecule has 0 heterocycles. The molecular weight excluding hydrogens is 312 g/mol. The van der Waals surface area contributed by atoms with E-state index in [9.17, 15) is 4.79 Å². The molecule has 0 unspecified atom stereocenters. The fraction of sp³-hybridized carbons (Fsp3) is 0.682. The fourth-order valence-corrected chi connectivity index (χ4v) is 2.73. The maximum absolute atomic E-state index is 11.6. The van der Waals surface area contributed by atoms with E-state index in [1.807, 2.05) is 18.2 Å². The monoisotopic (exact) mass is 348 g/mol. The number of benzene rings is 1. The van der Waals surface area contributed by atoms with Gasteiger partial charge in [-0.05, 0) is 24.8 Å². The first-order valence-electron chi connectivity index (χ1n) is 10.1. The van der Waals surface area contributed by atoms with E-state index in [-0.39, 0.29) is 5.97 Å². The SMILES string of the molecule is CCCCCCCCCOC(=O)CCCCCOCc1ccccc1. The van der Waals surface area contributed by atoms with Crippen LogP contribution in [0.2, 0.25) is 0 Å². The van der Waals surface area contributed by atoms with Crippen molar-refractivity contribution in [2.75, 3.05) is 13.2 Å². The Bertz CT molecular complexity index is 417. The van der Waals surface area contributed by atoms with Crippen molar-refractivity contribution in [1.29, 1.82) is 0 Å². The first kappa shape index (κ1) is 21.7. The van der Waals surface area contributed by atoms with E-state index in [0.717, 1.165) is 32.3 Å². The third-order valence-corrected chi connectivity index (χ3v) is 4.29. The van der Waals surface area contributed by atoms with Crippen molar-refractivity contribution < 1.29 is 14.3 Å². The molecule has 0 saturated carbocycles. The van der Waals surface area contributed by atoms with E-state index in [2.05, 4.69) is 19.1 Å². The summed E-state index contributed by atoms with van der Waals surface area (Å²) >= 11 is 0. The predicted molar refractivity (Wildman–Crippen MR) is 104 cm³/mol. The summed E-state index contributed by atoms with van der Waals surface area (Å²) in [5.74, 6) is -0.0452. The molecule has 3 heteroatoms. The Hall–Kier alpha value is -1.35. The number of esters is 1. The Morgan fingerprint density at radius 1 is 0.800 bits per heavy atom. The number of ether oxygens (including phenoxy) is 2. The second kappa shape index (κ2) is 16.1. The Morgan fingerprint density at radius 3 is 2.20 bits per heavy atom. The molecule has 0 bridgehead atoms. The Morgan fingerprint density at radius 2 is 1.44 bits per heavy atom. The lowest BCUT2D eigenvalue weighted by atomic mass is 10.1. The topological polar surface area (TPSA) is 35.5 Å². The third-order valence-electron chi connectivity index (χ3n) is 4.29. The van der Waals surface area contributed by atoms with Gasteiger partial charge in [-0.3, -0.25) is 4.79 Å². The largest absolute Gasteiger partial charge is 0.466 e. The summed E-state index contributed by atoms with van der Waals surface area (Å²) in [6, 6.07) is 10.2. The maximum Gasteiger partial charge on any atom is 0.305 e. The summed E-state index contributed by atoms with van der Waals surface area (Å²) in [5, 5.41) is 0. The number of unbranched alkanes of at least 4 members (excludes halogenated alkanes) is 8.